The van der Waals surface area contributed by atoms with E-state index < -0.39 is 15.3 Å². The predicted octanol–water partition coefficient (Wildman–Crippen LogP) is 0.279. The van der Waals surface area contributed by atoms with Gasteiger partial charge in [0.1, 0.15) is 5.25 Å². The molecule has 1 aromatic rings. The van der Waals surface area contributed by atoms with Crippen LogP contribution < -0.4 is 15.8 Å². The zero-order valence-electron chi connectivity index (χ0n) is 10.9. The number of carbonyl (C=O) groups excluding carboxylic acids is 1. The number of benzene rings is 1. The Labute approximate surface area is 112 Å². The van der Waals surface area contributed by atoms with Crippen LogP contribution in [0, 0.1) is 13.8 Å². The first-order chi connectivity index (χ1) is 8.70. The Morgan fingerprint density at radius 2 is 1.95 bits per heavy atom. The number of primary sulfonamides is 1. The Balaban J connectivity index is 2.41. The molecule has 1 unspecified atom stereocenters. The molecule has 1 fully saturated rings. The van der Waals surface area contributed by atoms with Crippen molar-refractivity contribution in [2.75, 3.05) is 17.2 Å². The molecule has 104 valence electrons. The number of nitrogens with zero attached hydrogens (tertiary/aromatic N) is 1. The number of nitrogen functional groups attached to an aromatic ring is 1. The van der Waals surface area contributed by atoms with Crippen molar-refractivity contribution in [2.45, 2.75) is 25.5 Å². The van der Waals surface area contributed by atoms with Crippen molar-refractivity contribution < 1.29 is 13.2 Å². The second-order valence-corrected chi connectivity index (χ2v) is 6.78. The van der Waals surface area contributed by atoms with Crippen LogP contribution in [0.3, 0.4) is 0 Å². The second kappa shape index (κ2) is 4.50. The molecule has 1 saturated heterocycles. The molecular formula is C12H17N3O3S. The molecule has 1 aliphatic heterocycles. The summed E-state index contributed by atoms with van der Waals surface area (Å²) in [5.41, 5.74) is 8.86. The van der Waals surface area contributed by atoms with Crippen LogP contribution in [0.4, 0.5) is 11.4 Å². The lowest BCUT2D eigenvalue weighted by molar-refractivity contribution is -0.117. The van der Waals surface area contributed by atoms with E-state index in [2.05, 4.69) is 0 Å². The Kier molecular flexibility index (Phi) is 3.27. The summed E-state index contributed by atoms with van der Waals surface area (Å²) in [7, 11) is -3.71. The molecule has 1 amide bonds. The molecular weight excluding hydrogens is 266 g/mol. The van der Waals surface area contributed by atoms with Crippen LogP contribution >= 0.6 is 0 Å². The van der Waals surface area contributed by atoms with Crippen molar-refractivity contribution in [3.8, 4) is 0 Å². The molecule has 1 aromatic carbocycles. The monoisotopic (exact) mass is 283 g/mol. The van der Waals surface area contributed by atoms with E-state index in [4.69, 9.17) is 10.9 Å². The van der Waals surface area contributed by atoms with Gasteiger partial charge in [0.05, 0.1) is 11.4 Å². The van der Waals surface area contributed by atoms with Crippen LogP contribution in [0.5, 0.6) is 0 Å². The number of carbonyl (C=O) groups is 1. The van der Waals surface area contributed by atoms with Crippen LogP contribution in [0.25, 0.3) is 0 Å². The lowest BCUT2D eigenvalue weighted by Crippen LogP contribution is -2.32. The van der Waals surface area contributed by atoms with Gasteiger partial charge in [0.15, 0.2) is 0 Å². The molecule has 7 heteroatoms. The SMILES string of the molecule is Cc1cc(C)c(N)c(N2CC(S(N)(=O)=O)CC2=O)c1. The number of rotatable bonds is 2. The summed E-state index contributed by atoms with van der Waals surface area (Å²) < 4.78 is 22.7. The fourth-order valence-corrected chi connectivity index (χ4v) is 3.04. The maximum atomic E-state index is 12.0. The lowest BCUT2D eigenvalue weighted by Gasteiger charge is -2.20. The second-order valence-electron chi connectivity index (χ2n) is 4.93. The summed E-state index contributed by atoms with van der Waals surface area (Å²) in [4.78, 5) is 13.4. The van der Waals surface area contributed by atoms with Gasteiger partial charge in [-0.15, -0.1) is 0 Å². The molecule has 0 spiro atoms. The molecule has 0 radical (unpaired) electrons. The van der Waals surface area contributed by atoms with Gasteiger partial charge in [0.25, 0.3) is 0 Å². The molecule has 1 atom stereocenters. The van der Waals surface area contributed by atoms with Gasteiger partial charge < -0.3 is 10.6 Å². The summed E-state index contributed by atoms with van der Waals surface area (Å²) in [6, 6.07) is 3.70. The van der Waals surface area contributed by atoms with Crippen molar-refractivity contribution in [3.63, 3.8) is 0 Å². The van der Waals surface area contributed by atoms with Gasteiger partial charge in [0, 0.05) is 13.0 Å². The lowest BCUT2D eigenvalue weighted by atomic mass is 10.1. The van der Waals surface area contributed by atoms with Gasteiger partial charge in [-0.05, 0) is 31.0 Å². The zero-order valence-corrected chi connectivity index (χ0v) is 11.7. The van der Waals surface area contributed by atoms with Crippen molar-refractivity contribution in [2.24, 2.45) is 5.14 Å². The molecule has 4 N–H and O–H groups in total. The number of hydrogen-bond donors (Lipinski definition) is 2. The maximum Gasteiger partial charge on any atom is 0.228 e. The number of sulfonamides is 1. The molecule has 6 nitrogen and oxygen atoms in total. The minimum Gasteiger partial charge on any atom is -0.397 e. The summed E-state index contributed by atoms with van der Waals surface area (Å²) in [5.74, 6) is -0.268. The van der Waals surface area contributed by atoms with Gasteiger partial charge in [0.2, 0.25) is 15.9 Å². The third-order valence-corrected chi connectivity index (χ3v) is 4.60. The summed E-state index contributed by atoms with van der Waals surface area (Å²) in [6.07, 6.45) is -0.0920. The Morgan fingerprint density at radius 1 is 1.32 bits per heavy atom. The van der Waals surface area contributed by atoms with Gasteiger partial charge in [-0.2, -0.15) is 0 Å². The molecule has 0 aromatic heterocycles. The third kappa shape index (κ3) is 2.57. The number of aryl methyl sites for hydroxylation is 2. The highest BCUT2D eigenvalue weighted by Gasteiger charge is 2.37. The summed E-state index contributed by atoms with van der Waals surface area (Å²) >= 11 is 0. The molecule has 19 heavy (non-hydrogen) atoms. The van der Waals surface area contributed by atoms with Crippen LogP contribution in [-0.2, 0) is 14.8 Å². The molecule has 1 aliphatic rings. The minimum atomic E-state index is -3.71. The van der Waals surface area contributed by atoms with E-state index in [-0.39, 0.29) is 18.9 Å². The van der Waals surface area contributed by atoms with E-state index in [0.29, 0.717) is 11.4 Å². The molecule has 2 rings (SSSR count). The fourth-order valence-electron chi connectivity index (χ4n) is 2.31. The first-order valence-corrected chi connectivity index (χ1v) is 7.50. The highest BCUT2D eigenvalue weighted by Crippen LogP contribution is 2.32. The van der Waals surface area contributed by atoms with Gasteiger partial charge in [-0.1, -0.05) is 6.07 Å². The number of nitrogens with two attached hydrogens (primary N) is 2. The van der Waals surface area contributed by atoms with Crippen molar-refractivity contribution in [3.05, 3.63) is 23.3 Å². The maximum absolute atomic E-state index is 12.0. The summed E-state index contributed by atoms with van der Waals surface area (Å²) in [6.45, 7) is 3.81. The van der Waals surface area contributed by atoms with E-state index in [1.165, 1.54) is 4.90 Å². The zero-order chi connectivity index (χ0) is 14.4. The number of hydrogen-bond acceptors (Lipinski definition) is 4. The smallest absolute Gasteiger partial charge is 0.228 e. The molecule has 1 heterocycles. The van der Waals surface area contributed by atoms with Crippen molar-refractivity contribution >= 4 is 27.3 Å². The summed E-state index contributed by atoms with van der Waals surface area (Å²) in [5, 5.41) is 4.24. The Hall–Kier alpha value is -1.60. The average molecular weight is 283 g/mol. The van der Waals surface area contributed by atoms with E-state index >= 15 is 0 Å². The average Bonchev–Trinajstić information content (AvgIpc) is 2.65. The molecule has 0 bridgehead atoms. The largest absolute Gasteiger partial charge is 0.397 e. The Morgan fingerprint density at radius 3 is 2.47 bits per heavy atom. The van der Waals surface area contributed by atoms with E-state index in [1.807, 2.05) is 19.9 Å². The fraction of sp³-hybridized carbons (Fsp3) is 0.417. The van der Waals surface area contributed by atoms with Crippen LogP contribution in [0.2, 0.25) is 0 Å². The highest BCUT2D eigenvalue weighted by atomic mass is 32.2. The normalized spacial score (nSPS) is 20.1. The quantitative estimate of drug-likeness (QED) is 0.760. The van der Waals surface area contributed by atoms with E-state index in [0.717, 1.165) is 11.1 Å². The van der Waals surface area contributed by atoms with Crippen molar-refractivity contribution in [1.82, 2.24) is 0 Å². The van der Waals surface area contributed by atoms with Crippen LogP contribution in [-0.4, -0.2) is 26.1 Å². The predicted molar refractivity (Wildman–Crippen MR) is 74.2 cm³/mol. The minimum absolute atomic E-state index is 0.0603. The number of amides is 1. The molecule has 0 aliphatic carbocycles. The van der Waals surface area contributed by atoms with Crippen LogP contribution in [0.15, 0.2) is 12.1 Å². The van der Waals surface area contributed by atoms with Crippen LogP contribution in [0.1, 0.15) is 17.5 Å². The Bertz CT molecular complexity index is 640. The van der Waals surface area contributed by atoms with Crippen molar-refractivity contribution in [1.29, 1.82) is 0 Å². The highest BCUT2D eigenvalue weighted by molar-refractivity contribution is 7.89. The topological polar surface area (TPSA) is 106 Å². The van der Waals surface area contributed by atoms with E-state index in [9.17, 15) is 13.2 Å². The van der Waals surface area contributed by atoms with Gasteiger partial charge in [-0.25, -0.2) is 13.6 Å². The third-order valence-electron chi connectivity index (χ3n) is 3.35. The first kappa shape index (κ1) is 13.8. The van der Waals surface area contributed by atoms with Gasteiger partial charge >= 0.3 is 0 Å². The van der Waals surface area contributed by atoms with E-state index in [1.54, 1.807) is 6.07 Å². The number of anilines is 2. The molecule has 0 saturated carbocycles. The first-order valence-electron chi connectivity index (χ1n) is 5.89. The standard InChI is InChI=1S/C12H17N3O3S/c1-7-3-8(2)12(13)10(4-7)15-6-9(5-11(15)16)19(14,17)18/h3-4,9H,5-6,13H2,1-2H3,(H2,14,17,18). The van der Waals surface area contributed by atoms with Gasteiger partial charge in [-0.3, -0.25) is 4.79 Å².